The lowest BCUT2D eigenvalue weighted by Crippen LogP contribution is -2.10. The van der Waals surface area contributed by atoms with Crippen molar-refractivity contribution in [3.63, 3.8) is 0 Å². The van der Waals surface area contributed by atoms with Gasteiger partial charge in [0.1, 0.15) is 5.75 Å². The lowest BCUT2D eigenvalue weighted by molar-refractivity contribution is 0.103. The van der Waals surface area contributed by atoms with Gasteiger partial charge >= 0.3 is 0 Å². The Hall–Kier alpha value is -1.33. The smallest absolute Gasteiger partial charge is 0.265 e. The monoisotopic (exact) mass is 311 g/mol. The maximum atomic E-state index is 11.9. The maximum Gasteiger partial charge on any atom is 0.265 e. The van der Waals surface area contributed by atoms with E-state index in [2.05, 4.69) is 21.2 Å². The number of carbonyl (C=O) groups is 1. The standard InChI is InChI=1S/C12H10BrNO2S/c1-7-2-3-9(15)8(6-7)14-12(16)10-4-5-11(13)17-10/h2-6,15H,1H3,(H,14,16). The van der Waals surface area contributed by atoms with Crippen molar-refractivity contribution in [2.75, 3.05) is 5.32 Å². The molecule has 1 heterocycles. The molecule has 5 heteroatoms. The van der Waals surface area contributed by atoms with Crippen molar-refractivity contribution in [2.24, 2.45) is 0 Å². The van der Waals surface area contributed by atoms with E-state index in [1.165, 1.54) is 11.3 Å². The van der Waals surface area contributed by atoms with Gasteiger partial charge in [0.2, 0.25) is 0 Å². The van der Waals surface area contributed by atoms with Crippen LogP contribution in [0.4, 0.5) is 5.69 Å². The van der Waals surface area contributed by atoms with Gasteiger partial charge in [-0.1, -0.05) is 6.07 Å². The number of benzene rings is 1. The molecular formula is C12H10BrNO2S. The molecule has 0 saturated heterocycles. The number of hydrogen-bond acceptors (Lipinski definition) is 3. The molecule has 2 N–H and O–H groups in total. The summed E-state index contributed by atoms with van der Waals surface area (Å²) in [6, 6.07) is 8.63. The van der Waals surface area contributed by atoms with Gasteiger partial charge in [0.05, 0.1) is 14.4 Å². The molecule has 1 aromatic heterocycles. The summed E-state index contributed by atoms with van der Waals surface area (Å²) in [5.74, 6) is -0.152. The number of hydrogen-bond donors (Lipinski definition) is 2. The summed E-state index contributed by atoms with van der Waals surface area (Å²) < 4.78 is 0.899. The van der Waals surface area contributed by atoms with Crippen molar-refractivity contribution >= 4 is 38.9 Å². The average molecular weight is 312 g/mol. The van der Waals surface area contributed by atoms with Crippen LogP contribution in [0.2, 0.25) is 0 Å². The first-order valence-electron chi connectivity index (χ1n) is 4.92. The molecule has 1 amide bonds. The topological polar surface area (TPSA) is 49.3 Å². The third-order valence-corrected chi connectivity index (χ3v) is 3.82. The Morgan fingerprint density at radius 3 is 2.76 bits per heavy atom. The number of carbonyl (C=O) groups excluding carboxylic acids is 1. The first kappa shape index (κ1) is 12.1. The van der Waals surface area contributed by atoms with E-state index in [1.807, 2.05) is 13.0 Å². The molecule has 0 atom stereocenters. The van der Waals surface area contributed by atoms with Crippen LogP contribution in [-0.2, 0) is 0 Å². The summed E-state index contributed by atoms with van der Waals surface area (Å²) in [6.07, 6.45) is 0. The Labute approximate surface area is 111 Å². The van der Waals surface area contributed by atoms with E-state index in [0.29, 0.717) is 10.6 Å². The second kappa shape index (κ2) is 4.89. The van der Waals surface area contributed by atoms with Gasteiger partial charge in [0.25, 0.3) is 5.91 Å². The summed E-state index contributed by atoms with van der Waals surface area (Å²) in [5.41, 5.74) is 1.41. The Balaban J connectivity index is 2.21. The molecule has 0 spiro atoms. The predicted molar refractivity (Wildman–Crippen MR) is 72.8 cm³/mol. The van der Waals surface area contributed by atoms with Crippen molar-refractivity contribution in [2.45, 2.75) is 6.92 Å². The first-order valence-corrected chi connectivity index (χ1v) is 6.53. The summed E-state index contributed by atoms with van der Waals surface area (Å²) in [7, 11) is 0. The number of aromatic hydroxyl groups is 1. The van der Waals surface area contributed by atoms with Crippen molar-refractivity contribution in [1.29, 1.82) is 0 Å². The van der Waals surface area contributed by atoms with Gasteiger partial charge in [-0.05, 0) is 52.7 Å². The summed E-state index contributed by atoms with van der Waals surface area (Å²) in [5, 5.41) is 12.3. The Kier molecular flexibility index (Phi) is 3.49. The Bertz CT molecular complexity index is 565. The second-order valence-electron chi connectivity index (χ2n) is 3.58. The quantitative estimate of drug-likeness (QED) is 0.829. The van der Waals surface area contributed by atoms with Gasteiger partial charge in [-0.3, -0.25) is 4.79 Å². The third-order valence-electron chi connectivity index (χ3n) is 2.20. The highest BCUT2D eigenvalue weighted by molar-refractivity contribution is 9.11. The zero-order chi connectivity index (χ0) is 12.4. The molecule has 1 aromatic carbocycles. The molecule has 17 heavy (non-hydrogen) atoms. The highest BCUT2D eigenvalue weighted by Crippen LogP contribution is 2.27. The van der Waals surface area contributed by atoms with E-state index in [0.717, 1.165) is 9.35 Å². The molecule has 0 aliphatic carbocycles. The number of halogens is 1. The van der Waals surface area contributed by atoms with Crippen molar-refractivity contribution < 1.29 is 9.90 Å². The van der Waals surface area contributed by atoms with Crippen LogP contribution in [0.25, 0.3) is 0 Å². The minimum atomic E-state index is -0.221. The number of thiophene rings is 1. The predicted octanol–water partition coefficient (Wildman–Crippen LogP) is 3.78. The lowest BCUT2D eigenvalue weighted by Gasteiger charge is -2.06. The minimum absolute atomic E-state index is 0.0690. The van der Waals surface area contributed by atoms with E-state index < -0.39 is 0 Å². The van der Waals surface area contributed by atoms with E-state index in [1.54, 1.807) is 24.3 Å². The van der Waals surface area contributed by atoms with Gasteiger partial charge in [-0.2, -0.15) is 0 Å². The largest absolute Gasteiger partial charge is 0.506 e. The van der Waals surface area contributed by atoms with Crippen LogP contribution < -0.4 is 5.32 Å². The van der Waals surface area contributed by atoms with E-state index in [9.17, 15) is 9.90 Å². The maximum absolute atomic E-state index is 11.9. The fourth-order valence-corrected chi connectivity index (χ4v) is 2.65. The van der Waals surface area contributed by atoms with Crippen molar-refractivity contribution in [1.82, 2.24) is 0 Å². The molecule has 0 unspecified atom stereocenters. The Morgan fingerprint density at radius 1 is 1.35 bits per heavy atom. The zero-order valence-corrected chi connectivity index (χ0v) is 11.4. The molecular weight excluding hydrogens is 302 g/mol. The molecule has 0 bridgehead atoms. The fourth-order valence-electron chi connectivity index (χ4n) is 1.37. The number of anilines is 1. The molecule has 0 radical (unpaired) electrons. The van der Waals surface area contributed by atoms with Crippen LogP contribution in [0.1, 0.15) is 15.2 Å². The number of phenolic OH excluding ortho intramolecular Hbond substituents is 1. The summed E-state index contributed by atoms with van der Waals surface area (Å²) in [6.45, 7) is 1.90. The summed E-state index contributed by atoms with van der Waals surface area (Å²) in [4.78, 5) is 12.5. The number of rotatable bonds is 2. The number of phenols is 1. The zero-order valence-electron chi connectivity index (χ0n) is 9.03. The SMILES string of the molecule is Cc1ccc(O)c(NC(=O)c2ccc(Br)s2)c1. The van der Waals surface area contributed by atoms with Crippen LogP contribution in [0.15, 0.2) is 34.1 Å². The van der Waals surface area contributed by atoms with E-state index in [4.69, 9.17) is 0 Å². The highest BCUT2D eigenvalue weighted by Gasteiger charge is 2.10. The van der Waals surface area contributed by atoms with Gasteiger partial charge in [-0.25, -0.2) is 0 Å². The number of amides is 1. The molecule has 3 nitrogen and oxygen atoms in total. The molecule has 0 saturated carbocycles. The second-order valence-corrected chi connectivity index (χ2v) is 6.04. The lowest BCUT2D eigenvalue weighted by atomic mass is 10.2. The summed E-state index contributed by atoms with van der Waals surface area (Å²) >= 11 is 4.65. The van der Waals surface area contributed by atoms with Gasteiger partial charge in [-0.15, -0.1) is 11.3 Å². The average Bonchev–Trinajstić information content (AvgIpc) is 2.70. The Morgan fingerprint density at radius 2 is 2.12 bits per heavy atom. The van der Waals surface area contributed by atoms with E-state index in [-0.39, 0.29) is 11.7 Å². The van der Waals surface area contributed by atoms with Crippen LogP contribution in [0, 0.1) is 6.92 Å². The fraction of sp³-hybridized carbons (Fsp3) is 0.0833. The minimum Gasteiger partial charge on any atom is -0.506 e. The molecule has 0 fully saturated rings. The normalized spacial score (nSPS) is 10.2. The van der Waals surface area contributed by atoms with Gasteiger partial charge in [0.15, 0.2) is 0 Å². The van der Waals surface area contributed by atoms with Gasteiger partial charge in [0, 0.05) is 0 Å². The molecule has 0 aliphatic heterocycles. The van der Waals surface area contributed by atoms with Crippen LogP contribution in [0.5, 0.6) is 5.75 Å². The van der Waals surface area contributed by atoms with Crippen LogP contribution >= 0.6 is 27.3 Å². The van der Waals surface area contributed by atoms with Crippen LogP contribution in [0.3, 0.4) is 0 Å². The first-order chi connectivity index (χ1) is 8.06. The van der Waals surface area contributed by atoms with E-state index >= 15 is 0 Å². The third kappa shape index (κ3) is 2.87. The van der Waals surface area contributed by atoms with Crippen LogP contribution in [-0.4, -0.2) is 11.0 Å². The highest BCUT2D eigenvalue weighted by atomic mass is 79.9. The van der Waals surface area contributed by atoms with Gasteiger partial charge < -0.3 is 10.4 Å². The molecule has 2 rings (SSSR count). The van der Waals surface area contributed by atoms with Crippen molar-refractivity contribution in [3.05, 3.63) is 44.6 Å². The molecule has 0 aliphatic rings. The molecule has 88 valence electrons. The van der Waals surface area contributed by atoms with Crippen molar-refractivity contribution in [3.8, 4) is 5.75 Å². The molecule has 2 aromatic rings. The number of nitrogens with one attached hydrogen (secondary N) is 1. The number of aryl methyl sites for hydroxylation is 1.